The van der Waals surface area contributed by atoms with E-state index >= 15 is 0 Å². The summed E-state index contributed by atoms with van der Waals surface area (Å²) in [6.07, 6.45) is 38.4. The van der Waals surface area contributed by atoms with Crippen LogP contribution >= 0.6 is 0 Å². The Labute approximate surface area is 218 Å². The predicted molar refractivity (Wildman–Crippen MR) is 156 cm³/mol. The Hall–Kier alpha value is 0.519. The van der Waals surface area contributed by atoms with E-state index in [0.29, 0.717) is 0 Å². The van der Waals surface area contributed by atoms with E-state index in [-0.39, 0.29) is 0 Å². The zero-order chi connectivity index (χ0) is 24.2. The SMILES string of the molecule is CCCCCCCCCCCCCC(CC)[Se]C(CC)CCCCCCCCCCCCC. The molecule has 0 aromatic rings. The molecule has 0 spiro atoms. The van der Waals surface area contributed by atoms with E-state index < -0.39 is 0 Å². The summed E-state index contributed by atoms with van der Waals surface area (Å²) in [5.74, 6) is 0. The van der Waals surface area contributed by atoms with Gasteiger partial charge in [0.25, 0.3) is 0 Å². The Morgan fingerprint density at radius 1 is 0.333 bits per heavy atom. The normalized spacial score (nSPS) is 13.5. The molecule has 0 aromatic heterocycles. The van der Waals surface area contributed by atoms with Crippen molar-refractivity contribution < 1.29 is 0 Å². The molecule has 0 fully saturated rings. The summed E-state index contributed by atoms with van der Waals surface area (Å²) in [6, 6.07) is 0. The van der Waals surface area contributed by atoms with E-state index in [2.05, 4.69) is 27.7 Å². The molecular formula is C32H66Se. The molecule has 0 aromatic carbocycles. The fourth-order valence-corrected chi connectivity index (χ4v) is 8.30. The van der Waals surface area contributed by atoms with Crippen molar-refractivity contribution in [1.29, 1.82) is 0 Å². The number of unbranched alkanes of at least 4 members (excludes halogenated alkanes) is 20. The van der Waals surface area contributed by atoms with Crippen LogP contribution < -0.4 is 0 Å². The van der Waals surface area contributed by atoms with E-state index in [1.165, 1.54) is 167 Å². The van der Waals surface area contributed by atoms with Gasteiger partial charge in [-0.25, -0.2) is 0 Å². The minimum atomic E-state index is 0.889. The number of hydrogen-bond donors (Lipinski definition) is 0. The molecule has 0 N–H and O–H groups in total. The van der Waals surface area contributed by atoms with Gasteiger partial charge in [-0.3, -0.25) is 0 Å². The molecule has 2 unspecified atom stereocenters. The van der Waals surface area contributed by atoms with Crippen LogP contribution in [0, 0.1) is 0 Å². The molecule has 0 aliphatic rings. The average Bonchev–Trinajstić information content (AvgIpc) is 2.83. The molecular weight excluding hydrogens is 463 g/mol. The van der Waals surface area contributed by atoms with Crippen molar-refractivity contribution in [2.75, 3.05) is 0 Å². The Morgan fingerprint density at radius 2 is 0.576 bits per heavy atom. The Kier molecular flexibility index (Phi) is 29.2. The van der Waals surface area contributed by atoms with Crippen molar-refractivity contribution in [3.05, 3.63) is 0 Å². The number of hydrogen-bond acceptors (Lipinski definition) is 0. The Morgan fingerprint density at radius 3 is 0.818 bits per heavy atom. The fraction of sp³-hybridized carbons (Fsp3) is 1.00. The molecule has 0 rings (SSSR count). The third kappa shape index (κ3) is 25.4. The molecule has 0 aliphatic carbocycles. The van der Waals surface area contributed by atoms with E-state index in [4.69, 9.17) is 0 Å². The summed E-state index contributed by atoms with van der Waals surface area (Å²) in [5, 5.41) is 0. The van der Waals surface area contributed by atoms with Gasteiger partial charge in [0.15, 0.2) is 0 Å². The van der Waals surface area contributed by atoms with Crippen LogP contribution in [0.1, 0.15) is 195 Å². The molecule has 0 radical (unpaired) electrons. The predicted octanol–water partition coefficient (Wildman–Crippen LogP) is 12.5. The van der Waals surface area contributed by atoms with Crippen molar-refractivity contribution in [1.82, 2.24) is 0 Å². The van der Waals surface area contributed by atoms with Crippen LogP contribution in [0.15, 0.2) is 0 Å². The van der Waals surface area contributed by atoms with Crippen LogP contribution in [0.3, 0.4) is 0 Å². The van der Waals surface area contributed by atoms with Gasteiger partial charge in [-0.05, 0) is 0 Å². The van der Waals surface area contributed by atoms with Crippen LogP contribution in [0.2, 0.25) is 9.63 Å². The van der Waals surface area contributed by atoms with Gasteiger partial charge in [-0.1, -0.05) is 26.7 Å². The van der Waals surface area contributed by atoms with Crippen LogP contribution in [-0.4, -0.2) is 15.0 Å². The van der Waals surface area contributed by atoms with E-state index in [1.54, 1.807) is 0 Å². The quantitative estimate of drug-likeness (QED) is 0.0698. The Bertz CT molecular complexity index is 307. The minimum absolute atomic E-state index is 0.889. The van der Waals surface area contributed by atoms with Gasteiger partial charge in [-0.2, -0.15) is 0 Å². The van der Waals surface area contributed by atoms with Crippen molar-refractivity contribution in [3.8, 4) is 0 Å². The summed E-state index contributed by atoms with van der Waals surface area (Å²) in [7, 11) is 0. The zero-order valence-corrected chi connectivity index (χ0v) is 25.7. The molecule has 0 aliphatic heterocycles. The monoisotopic (exact) mass is 530 g/mol. The van der Waals surface area contributed by atoms with Gasteiger partial charge < -0.3 is 0 Å². The second-order valence-corrected chi connectivity index (χ2v) is 14.2. The van der Waals surface area contributed by atoms with Crippen molar-refractivity contribution in [2.24, 2.45) is 0 Å². The van der Waals surface area contributed by atoms with E-state index in [0.717, 1.165) is 24.6 Å². The van der Waals surface area contributed by atoms with Crippen LogP contribution in [0.4, 0.5) is 0 Å². The third-order valence-corrected chi connectivity index (χ3v) is 11.6. The summed E-state index contributed by atoms with van der Waals surface area (Å²) in [5.41, 5.74) is 0. The second-order valence-electron chi connectivity index (χ2n) is 10.8. The average molecular weight is 530 g/mol. The molecule has 200 valence electrons. The first kappa shape index (κ1) is 33.5. The smallest absolute Gasteiger partial charge is 0.0654 e. The minimum Gasteiger partial charge on any atom is -0.0654 e. The molecule has 0 nitrogen and oxygen atoms in total. The summed E-state index contributed by atoms with van der Waals surface area (Å²) in [6.45, 7) is 9.54. The molecule has 0 bridgehead atoms. The van der Waals surface area contributed by atoms with Crippen molar-refractivity contribution in [3.63, 3.8) is 0 Å². The molecule has 0 heterocycles. The molecule has 0 amide bonds. The van der Waals surface area contributed by atoms with Gasteiger partial charge in [0.05, 0.1) is 0 Å². The van der Waals surface area contributed by atoms with Gasteiger partial charge in [-0.15, -0.1) is 0 Å². The van der Waals surface area contributed by atoms with Crippen LogP contribution in [0.5, 0.6) is 0 Å². The first-order chi connectivity index (χ1) is 16.3. The summed E-state index contributed by atoms with van der Waals surface area (Å²) >= 11 is 0.889. The Balaban J connectivity index is 3.57. The van der Waals surface area contributed by atoms with E-state index in [1.807, 2.05) is 0 Å². The van der Waals surface area contributed by atoms with Gasteiger partial charge in [0.2, 0.25) is 0 Å². The standard InChI is InChI=1S/C32H66Se/c1-5-9-11-13-15-17-19-21-23-25-27-29-31(7-3)33-32(8-4)30-28-26-24-22-20-18-16-14-12-10-6-2/h31-32H,5-30H2,1-4H3. The summed E-state index contributed by atoms with van der Waals surface area (Å²) < 4.78 is 0. The van der Waals surface area contributed by atoms with Crippen molar-refractivity contribution in [2.45, 2.75) is 204 Å². The van der Waals surface area contributed by atoms with Gasteiger partial charge in [0, 0.05) is 0 Å². The topological polar surface area (TPSA) is 0 Å². The molecule has 0 saturated carbocycles. The van der Waals surface area contributed by atoms with Crippen LogP contribution in [-0.2, 0) is 0 Å². The van der Waals surface area contributed by atoms with Gasteiger partial charge >= 0.3 is 193 Å². The first-order valence-electron chi connectivity index (χ1n) is 15.9. The maximum atomic E-state index is 2.46. The van der Waals surface area contributed by atoms with E-state index in [9.17, 15) is 0 Å². The molecule has 1 heteroatoms. The maximum absolute atomic E-state index is 2.46. The van der Waals surface area contributed by atoms with Crippen molar-refractivity contribution >= 4 is 15.0 Å². The van der Waals surface area contributed by atoms with Crippen LogP contribution in [0.25, 0.3) is 0 Å². The zero-order valence-electron chi connectivity index (χ0n) is 23.9. The fourth-order valence-electron chi connectivity index (χ4n) is 5.08. The second kappa shape index (κ2) is 28.8. The molecule has 33 heavy (non-hydrogen) atoms. The summed E-state index contributed by atoms with van der Waals surface area (Å²) in [4.78, 5) is 2.13. The first-order valence-corrected chi connectivity index (χ1v) is 17.9. The molecule has 0 saturated heterocycles. The molecule has 2 atom stereocenters. The third-order valence-electron chi connectivity index (χ3n) is 7.55. The van der Waals surface area contributed by atoms with Gasteiger partial charge in [0.1, 0.15) is 0 Å². The number of rotatable bonds is 28.